The van der Waals surface area contributed by atoms with Crippen molar-refractivity contribution in [3.8, 4) is 0 Å². The first kappa shape index (κ1) is 9.91. The van der Waals surface area contributed by atoms with Gasteiger partial charge in [-0.1, -0.05) is 20.3 Å². The Bertz CT molecular complexity index is 118. The number of nitrogens with one attached hydrogen (secondary N) is 1. The van der Waals surface area contributed by atoms with Crippen molar-refractivity contribution in [1.82, 2.24) is 4.34 Å². The third kappa shape index (κ3) is 2.66. The molecule has 0 aromatic rings. The van der Waals surface area contributed by atoms with Gasteiger partial charge in [0.2, 0.25) is 0 Å². The lowest BCUT2D eigenvalue weighted by Crippen LogP contribution is -2.36. The Balaban J connectivity index is 3.92. The molecule has 0 aromatic carbocycles. The van der Waals surface area contributed by atoms with Crippen LogP contribution < -0.4 is 4.34 Å². The highest BCUT2D eigenvalue weighted by atomic mass is 79.9. The van der Waals surface area contributed by atoms with Crippen LogP contribution in [0.15, 0.2) is 0 Å². The van der Waals surface area contributed by atoms with E-state index in [1.165, 1.54) is 0 Å². The van der Waals surface area contributed by atoms with Crippen LogP contribution in [0.4, 0.5) is 0 Å². The maximum atomic E-state index is 10.4. The standard InChI is InChI=1S/C6H12BrNO2/c1-3-4(2)5(8-7)6(9)10/h4-5,8H,3H2,1-2H3,(H,9,10). The lowest BCUT2D eigenvalue weighted by atomic mass is 10.0. The molecule has 2 atom stereocenters. The van der Waals surface area contributed by atoms with Gasteiger partial charge in [0, 0.05) is 16.1 Å². The van der Waals surface area contributed by atoms with Gasteiger partial charge >= 0.3 is 5.97 Å². The number of carboxylic acids is 1. The van der Waals surface area contributed by atoms with Crippen LogP contribution >= 0.6 is 16.1 Å². The van der Waals surface area contributed by atoms with Crippen LogP contribution in [-0.4, -0.2) is 17.1 Å². The Labute approximate surface area is 69.1 Å². The van der Waals surface area contributed by atoms with Gasteiger partial charge in [0.25, 0.3) is 0 Å². The van der Waals surface area contributed by atoms with Gasteiger partial charge < -0.3 is 5.11 Å². The number of halogens is 1. The van der Waals surface area contributed by atoms with E-state index in [1.54, 1.807) is 0 Å². The SMILES string of the molecule is CCC(C)C(NBr)C(=O)O. The predicted octanol–water partition coefficient (Wildman–Crippen LogP) is 1.39. The van der Waals surface area contributed by atoms with E-state index in [1.807, 2.05) is 13.8 Å². The van der Waals surface area contributed by atoms with Crippen molar-refractivity contribution in [3.05, 3.63) is 0 Å². The third-order valence-corrected chi connectivity index (χ3v) is 2.09. The van der Waals surface area contributed by atoms with Crippen LogP contribution in [0.1, 0.15) is 20.3 Å². The van der Waals surface area contributed by atoms with E-state index in [9.17, 15) is 4.79 Å². The molecule has 0 aliphatic carbocycles. The van der Waals surface area contributed by atoms with Crippen molar-refractivity contribution < 1.29 is 9.90 Å². The molecule has 0 rings (SSSR count). The van der Waals surface area contributed by atoms with Crippen molar-refractivity contribution in [2.45, 2.75) is 26.3 Å². The van der Waals surface area contributed by atoms with Gasteiger partial charge in [-0.3, -0.25) is 4.79 Å². The monoisotopic (exact) mass is 209 g/mol. The van der Waals surface area contributed by atoms with Crippen LogP contribution in [-0.2, 0) is 4.79 Å². The fourth-order valence-corrected chi connectivity index (χ4v) is 1.28. The minimum atomic E-state index is -0.814. The number of hydrogen-bond donors (Lipinski definition) is 2. The molecule has 4 heteroatoms. The first-order chi connectivity index (χ1) is 4.63. The molecule has 0 bridgehead atoms. The molecule has 0 heterocycles. The lowest BCUT2D eigenvalue weighted by molar-refractivity contribution is -0.140. The Morgan fingerprint density at radius 1 is 1.80 bits per heavy atom. The largest absolute Gasteiger partial charge is 0.480 e. The lowest BCUT2D eigenvalue weighted by Gasteiger charge is -2.15. The molecule has 0 saturated carbocycles. The van der Waals surface area contributed by atoms with Gasteiger partial charge in [0.15, 0.2) is 0 Å². The molecule has 0 fully saturated rings. The van der Waals surface area contributed by atoms with Crippen LogP contribution in [0.3, 0.4) is 0 Å². The van der Waals surface area contributed by atoms with Crippen molar-refractivity contribution >= 4 is 22.1 Å². The average Bonchev–Trinajstić information content (AvgIpc) is 1.88. The van der Waals surface area contributed by atoms with Crippen molar-refractivity contribution in [2.24, 2.45) is 5.92 Å². The van der Waals surface area contributed by atoms with E-state index < -0.39 is 12.0 Å². The van der Waals surface area contributed by atoms with Crippen molar-refractivity contribution in [1.29, 1.82) is 0 Å². The second-order valence-electron chi connectivity index (χ2n) is 2.31. The number of carboxylic acid groups (broad SMARTS) is 1. The summed E-state index contributed by atoms with van der Waals surface area (Å²) in [5.41, 5.74) is 0. The van der Waals surface area contributed by atoms with Crippen molar-refractivity contribution in [3.63, 3.8) is 0 Å². The Kier molecular flexibility index (Phi) is 4.64. The smallest absolute Gasteiger partial charge is 0.321 e. The van der Waals surface area contributed by atoms with Gasteiger partial charge in [-0.05, 0) is 5.92 Å². The average molecular weight is 210 g/mol. The second-order valence-corrected chi connectivity index (χ2v) is 2.77. The van der Waals surface area contributed by atoms with Gasteiger partial charge in [0.05, 0.1) is 0 Å². The molecule has 0 radical (unpaired) electrons. The molecule has 60 valence electrons. The molecule has 0 spiro atoms. The van der Waals surface area contributed by atoms with Crippen molar-refractivity contribution in [2.75, 3.05) is 0 Å². The summed E-state index contributed by atoms with van der Waals surface area (Å²) in [7, 11) is 0. The van der Waals surface area contributed by atoms with E-state index >= 15 is 0 Å². The molecule has 10 heavy (non-hydrogen) atoms. The summed E-state index contributed by atoms with van der Waals surface area (Å²) in [6.07, 6.45) is 0.857. The van der Waals surface area contributed by atoms with E-state index in [4.69, 9.17) is 5.11 Å². The number of carbonyl (C=O) groups is 1. The Hall–Kier alpha value is -0.0900. The molecular formula is C6H12BrNO2. The van der Waals surface area contributed by atoms with Crippen LogP contribution in [0.5, 0.6) is 0 Å². The number of rotatable bonds is 4. The normalized spacial score (nSPS) is 16.3. The molecule has 2 N–H and O–H groups in total. The maximum Gasteiger partial charge on any atom is 0.321 e. The Morgan fingerprint density at radius 3 is 2.40 bits per heavy atom. The maximum absolute atomic E-state index is 10.4. The third-order valence-electron chi connectivity index (χ3n) is 1.60. The molecule has 0 amide bonds. The summed E-state index contributed by atoms with van der Waals surface area (Å²) in [5, 5.41) is 8.58. The molecule has 0 aliphatic rings. The fraction of sp³-hybridized carbons (Fsp3) is 0.833. The topological polar surface area (TPSA) is 49.3 Å². The number of aliphatic carboxylic acids is 1. The number of hydrogen-bond acceptors (Lipinski definition) is 2. The minimum absolute atomic E-state index is 0.150. The van der Waals surface area contributed by atoms with Gasteiger partial charge in [-0.15, -0.1) is 0 Å². The van der Waals surface area contributed by atoms with Gasteiger partial charge in [-0.2, -0.15) is 0 Å². The fourth-order valence-electron chi connectivity index (χ4n) is 0.633. The highest BCUT2D eigenvalue weighted by Gasteiger charge is 2.21. The molecule has 0 aliphatic heterocycles. The summed E-state index contributed by atoms with van der Waals surface area (Å²) >= 11 is 2.93. The zero-order valence-electron chi connectivity index (χ0n) is 6.10. The first-order valence-electron chi connectivity index (χ1n) is 3.22. The van der Waals surface area contributed by atoms with E-state index in [0.29, 0.717) is 0 Å². The molecular weight excluding hydrogens is 198 g/mol. The van der Waals surface area contributed by atoms with E-state index in [-0.39, 0.29) is 5.92 Å². The highest BCUT2D eigenvalue weighted by Crippen LogP contribution is 2.08. The molecule has 0 aromatic heterocycles. The van der Waals surface area contributed by atoms with Gasteiger partial charge in [-0.25, -0.2) is 4.34 Å². The zero-order valence-corrected chi connectivity index (χ0v) is 7.68. The Morgan fingerprint density at radius 2 is 2.30 bits per heavy atom. The summed E-state index contributed by atoms with van der Waals surface area (Å²) in [6.45, 7) is 3.86. The van der Waals surface area contributed by atoms with E-state index in [2.05, 4.69) is 20.5 Å². The first-order valence-corrected chi connectivity index (χ1v) is 4.01. The molecule has 3 nitrogen and oxygen atoms in total. The summed E-state index contributed by atoms with van der Waals surface area (Å²) in [4.78, 5) is 10.4. The van der Waals surface area contributed by atoms with Gasteiger partial charge in [0.1, 0.15) is 6.04 Å². The van der Waals surface area contributed by atoms with Crippen LogP contribution in [0.2, 0.25) is 0 Å². The van der Waals surface area contributed by atoms with Crippen LogP contribution in [0, 0.1) is 5.92 Å². The minimum Gasteiger partial charge on any atom is -0.480 e. The second kappa shape index (κ2) is 4.68. The quantitative estimate of drug-likeness (QED) is 0.689. The molecule has 0 saturated heterocycles. The van der Waals surface area contributed by atoms with Crippen LogP contribution in [0.25, 0.3) is 0 Å². The highest BCUT2D eigenvalue weighted by molar-refractivity contribution is 9.08. The summed E-state index contributed by atoms with van der Waals surface area (Å²) < 4.78 is 2.57. The molecule has 2 unspecified atom stereocenters. The van der Waals surface area contributed by atoms with E-state index in [0.717, 1.165) is 6.42 Å². The zero-order chi connectivity index (χ0) is 8.15. The summed E-state index contributed by atoms with van der Waals surface area (Å²) in [5.74, 6) is -0.664. The summed E-state index contributed by atoms with van der Waals surface area (Å²) in [6, 6.07) is -0.481. The predicted molar refractivity (Wildman–Crippen MR) is 42.9 cm³/mol.